The number of guanidine groups is 1. The molecule has 5 nitrogen and oxygen atoms in total. The Morgan fingerprint density at radius 2 is 1.81 bits per heavy atom. The van der Waals surface area contributed by atoms with Crippen LogP contribution in [0.5, 0.6) is 5.75 Å². The molecule has 0 heterocycles. The van der Waals surface area contributed by atoms with Gasteiger partial charge in [0.2, 0.25) is 0 Å². The fourth-order valence-corrected chi connectivity index (χ4v) is 2.10. The second-order valence-electron chi connectivity index (χ2n) is 5.26. The van der Waals surface area contributed by atoms with Crippen LogP contribution in [-0.4, -0.2) is 19.4 Å². The molecule has 0 fully saturated rings. The number of hydrogen-bond acceptors (Lipinski definition) is 3. The van der Waals surface area contributed by atoms with Gasteiger partial charge in [0.1, 0.15) is 11.6 Å². The first-order valence-corrected chi connectivity index (χ1v) is 7.46. The number of hydrogen-bond donors (Lipinski definition) is 2. The minimum absolute atomic E-state index is 0. The smallest absolute Gasteiger partial charge is 0.406 e. The molecule has 2 aromatic carbocycles. The highest BCUT2D eigenvalue weighted by atomic mass is 127. The van der Waals surface area contributed by atoms with Crippen LogP contribution in [0.4, 0.5) is 23.2 Å². The summed E-state index contributed by atoms with van der Waals surface area (Å²) in [6.07, 6.45) is -4.74. The Bertz CT molecular complexity index is 768. The van der Waals surface area contributed by atoms with Crippen molar-refractivity contribution in [1.29, 1.82) is 0 Å². The fraction of sp³-hybridized carbons (Fsp3) is 0.235. The molecule has 27 heavy (non-hydrogen) atoms. The molecular formula is C17H18F4IN3O2. The third kappa shape index (κ3) is 7.99. The molecule has 0 amide bonds. The zero-order valence-corrected chi connectivity index (χ0v) is 16.5. The number of benzene rings is 2. The van der Waals surface area contributed by atoms with Gasteiger partial charge in [-0.05, 0) is 42.0 Å². The molecule has 2 rings (SSSR count). The van der Waals surface area contributed by atoms with Crippen molar-refractivity contribution in [3.05, 3.63) is 59.4 Å². The summed E-state index contributed by atoms with van der Waals surface area (Å²) >= 11 is 0. The number of anilines is 1. The van der Waals surface area contributed by atoms with E-state index in [1.165, 1.54) is 25.3 Å². The maximum atomic E-state index is 13.5. The highest BCUT2D eigenvalue weighted by molar-refractivity contribution is 14.0. The van der Waals surface area contributed by atoms with E-state index in [1.807, 2.05) is 0 Å². The maximum absolute atomic E-state index is 13.5. The van der Waals surface area contributed by atoms with E-state index in [-0.39, 0.29) is 54.7 Å². The quantitative estimate of drug-likeness (QED) is 0.268. The normalized spacial score (nSPS) is 11.7. The standard InChI is InChI=1S/C17H17F4N3O2.HI/c1-25-10-12-8-11(2-7-15(12)18)9-23-16(22)24-13-3-5-14(6-4-13)26-17(19,20)21;/h2-8H,9-10H2,1H3,(H3,22,23,24);1H. The zero-order chi connectivity index (χ0) is 19.2. The van der Waals surface area contributed by atoms with E-state index in [2.05, 4.69) is 15.0 Å². The Labute approximate surface area is 170 Å². The Morgan fingerprint density at radius 1 is 1.15 bits per heavy atom. The Kier molecular flexibility index (Phi) is 8.76. The molecule has 0 atom stereocenters. The van der Waals surface area contributed by atoms with Gasteiger partial charge in [-0.1, -0.05) is 6.07 Å². The Morgan fingerprint density at radius 3 is 2.41 bits per heavy atom. The first-order valence-electron chi connectivity index (χ1n) is 7.46. The van der Waals surface area contributed by atoms with Gasteiger partial charge in [0.25, 0.3) is 0 Å². The molecular weight excluding hydrogens is 481 g/mol. The monoisotopic (exact) mass is 499 g/mol. The fourth-order valence-electron chi connectivity index (χ4n) is 2.10. The van der Waals surface area contributed by atoms with Crippen LogP contribution < -0.4 is 15.8 Å². The summed E-state index contributed by atoms with van der Waals surface area (Å²) in [5.74, 6) is -0.644. The second-order valence-corrected chi connectivity index (χ2v) is 5.26. The number of nitrogens with one attached hydrogen (secondary N) is 1. The van der Waals surface area contributed by atoms with Gasteiger partial charge in [0.15, 0.2) is 5.96 Å². The number of ether oxygens (including phenoxy) is 2. The van der Waals surface area contributed by atoms with Crippen LogP contribution in [0.25, 0.3) is 0 Å². The van der Waals surface area contributed by atoms with Crippen molar-refractivity contribution >= 4 is 35.6 Å². The molecule has 0 spiro atoms. The summed E-state index contributed by atoms with van der Waals surface area (Å²) in [5, 5.41) is 2.75. The zero-order valence-electron chi connectivity index (χ0n) is 14.2. The number of halogens is 5. The van der Waals surface area contributed by atoms with Crippen molar-refractivity contribution in [3.63, 3.8) is 0 Å². The van der Waals surface area contributed by atoms with Crippen molar-refractivity contribution in [2.45, 2.75) is 19.5 Å². The summed E-state index contributed by atoms with van der Waals surface area (Å²) in [6.45, 7) is 0.342. The predicted octanol–water partition coefficient (Wildman–Crippen LogP) is 4.42. The minimum atomic E-state index is -4.74. The van der Waals surface area contributed by atoms with E-state index in [0.29, 0.717) is 11.3 Å². The lowest BCUT2D eigenvalue weighted by molar-refractivity contribution is -0.274. The molecule has 3 N–H and O–H groups in total. The molecule has 0 unspecified atom stereocenters. The lowest BCUT2D eigenvalue weighted by Crippen LogP contribution is -2.22. The first-order chi connectivity index (χ1) is 12.3. The minimum Gasteiger partial charge on any atom is -0.406 e. The molecule has 0 aliphatic carbocycles. The molecule has 0 saturated heterocycles. The summed E-state index contributed by atoms with van der Waals surface area (Å²) < 4.78 is 58.6. The highest BCUT2D eigenvalue weighted by Crippen LogP contribution is 2.23. The van der Waals surface area contributed by atoms with E-state index in [1.54, 1.807) is 12.1 Å². The molecule has 0 saturated carbocycles. The van der Waals surface area contributed by atoms with Gasteiger partial charge in [-0.25, -0.2) is 9.38 Å². The van der Waals surface area contributed by atoms with Crippen molar-refractivity contribution in [2.24, 2.45) is 10.7 Å². The average molecular weight is 499 g/mol. The summed E-state index contributed by atoms with van der Waals surface area (Å²) in [7, 11) is 1.47. The molecule has 0 radical (unpaired) electrons. The topological polar surface area (TPSA) is 68.9 Å². The maximum Gasteiger partial charge on any atom is 0.573 e. The molecule has 0 aliphatic heterocycles. The molecule has 2 aromatic rings. The highest BCUT2D eigenvalue weighted by Gasteiger charge is 2.30. The molecule has 148 valence electrons. The van der Waals surface area contributed by atoms with E-state index in [0.717, 1.165) is 17.7 Å². The third-order valence-corrected chi connectivity index (χ3v) is 3.20. The van der Waals surface area contributed by atoms with Crippen molar-refractivity contribution < 1.29 is 27.0 Å². The lowest BCUT2D eigenvalue weighted by Gasteiger charge is -2.10. The number of nitrogens with zero attached hydrogens (tertiary/aromatic N) is 1. The van der Waals surface area contributed by atoms with E-state index >= 15 is 0 Å². The van der Waals surface area contributed by atoms with Gasteiger partial charge >= 0.3 is 6.36 Å². The second kappa shape index (κ2) is 10.3. The van der Waals surface area contributed by atoms with E-state index in [9.17, 15) is 17.6 Å². The predicted molar refractivity (Wildman–Crippen MR) is 105 cm³/mol. The Balaban J connectivity index is 0.00000364. The number of methoxy groups -OCH3 is 1. The van der Waals surface area contributed by atoms with Crippen LogP contribution in [0.3, 0.4) is 0 Å². The summed E-state index contributed by atoms with van der Waals surface area (Å²) in [4.78, 5) is 4.11. The SMILES string of the molecule is COCc1cc(CN=C(N)Nc2ccc(OC(F)(F)F)cc2)ccc1F.I. The summed E-state index contributed by atoms with van der Waals surface area (Å²) in [5.41, 5.74) is 7.34. The van der Waals surface area contributed by atoms with Gasteiger partial charge in [-0.15, -0.1) is 37.1 Å². The van der Waals surface area contributed by atoms with Gasteiger partial charge < -0.3 is 20.5 Å². The van der Waals surface area contributed by atoms with E-state index < -0.39 is 6.36 Å². The van der Waals surface area contributed by atoms with Crippen LogP contribution >= 0.6 is 24.0 Å². The third-order valence-electron chi connectivity index (χ3n) is 3.20. The van der Waals surface area contributed by atoms with Crippen molar-refractivity contribution in [3.8, 4) is 5.75 Å². The van der Waals surface area contributed by atoms with Crippen LogP contribution in [0, 0.1) is 5.82 Å². The van der Waals surface area contributed by atoms with Crippen LogP contribution in [-0.2, 0) is 17.9 Å². The van der Waals surface area contributed by atoms with E-state index in [4.69, 9.17) is 10.5 Å². The van der Waals surface area contributed by atoms with Gasteiger partial charge in [-0.2, -0.15) is 0 Å². The van der Waals surface area contributed by atoms with Crippen LogP contribution in [0.1, 0.15) is 11.1 Å². The lowest BCUT2D eigenvalue weighted by atomic mass is 10.1. The van der Waals surface area contributed by atoms with Gasteiger partial charge in [0, 0.05) is 18.4 Å². The number of alkyl halides is 3. The molecule has 0 bridgehead atoms. The Hall–Kier alpha value is -2.08. The number of nitrogens with two attached hydrogens (primary N) is 1. The number of rotatable bonds is 6. The van der Waals surface area contributed by atoms with Crippen LogP contribution in [0.15, 0.2) is 47.5 Å². The molecule has 0 aromatic heterocycles. The van der Waals surface area contributed by atoms with Crippen LogP contribution in [0.2, 0.25) is 0 Å². The van der Waals surface area contributed by atoms with Crippen molar-refractivity contribution in [1.82, 2.24) is 0 Å². The van der Waals surface area contributed by atoms with Gasteiger partial charge in [0.05, 0.1) is 13.2 Å². The molecule has 0 aliphatic rings. The average Bonchev–Trinajstić information content (AvgIpc) is 2.56. The number of aliphatic imine (C=N–C) groups is 1. The van der Waals surface area contributed by atoms with Crippen molar-refractivity contribution in [2.75, 3.05) is 12.4 Å². The van der Waals surface area contributed by atoms with Gasteiger partial charge in [-0.3, -0.25) is 0 Å². The first kappa shape index (κ1) is 23.0. The summed E-state index contributed by atoms with van der Waals surface area (Å²) in [6, 6.07) is 9.58. The largest absolute Gasteiger partial charge is 0.573 e. The molecule has 10 heteroatoms.